The van der Waals surface area contributed by atoms with Crippen LogP contribution in [0.15, 0.2) is 127 Å². The van der Waals surface area contributed by atoms with E-state index in [1.165, 1.54) is 69.9 Å². The summed E-state index contributed by atoms with van der Waals surface area (Å²) in [7, 11) is -2.05. The van der Waals surface area contributed by atoms with Crippen LogP contribution in [0.3, 0.4) is 0 Å². The van der Waals surface area contributed by atoms with Gasteiger partial charge in [0.25, 0.3) is 0 Å². The van der Waals surface area contributed by atoms with Crippen molar-refractivity contribution < 1.29 is 0 Å². The average Bonchev–Trinajstić information content (AvgIpc) is 3.57. The fraction of sp³-hybridized carbons (Fsp3) is 0.0769. The van der Waals surface area contributed by atoms with Gasteiger partial charge in [0.1, 0.15) is 8.07 Å². The molecular weight excluding hydrogens is 543 g/mol. The fourth-order valence-electron chi connectivity index (χ4n) is 8.53. The van der Waals surface area contributed by atoms with Gasteiger partial charge in [-0.3, -0.25) is 0 Å². The Kier molecular flexibility index (Phi) is 4.24. The molecule has 8 aromatic rings. The Hall–Kier alpha value is -4.44. The van der Waals surface area contributed by atoms with Crippen LogP contribution in [0.25, 0.3) is 47.7 Å². The van der Waals surface area contributed by atoms with Crippen LogP contribution in [-0.4, -0.2) is 12.6 Å². The summed E-state index contributed by atoms with van der Waals surface area (Å²) < 4.78 is 5.29. The molecule has 0 saturated carbocycles. The van der Waals surface area contributed by atoms with Gasteiger partial charge in [-0.05, 0) is 56.9 Å². The van der Waals surface area contributed by atoms with Crippen LogP contribution in [-0.2, 0) is 5.41 Å². The molecule has 2 aromatic heterocycles. The number of para-hydroxylation sites is 3. The molecule has 0 saturated heterocycles. The maximum Gasteiger partial charge on any atom is 0.113 e. The summed E-state index contributed by atoms with van der Waals surface area (Å²) in [4.78, 5) is 0. The highest BCUT2D eigenvalue weighted by Gasteiger charge is 2.53. The summed E-state index contributed by atoms with van der Waals surface area (Å²) in [5, 5.41) is 8.55. The van der Waals surface area contributed by atoms with Crippen molar-refractivity contribution in [2.45, 2.75) is 18.5 Å². The zero-order chi connectivity index (χ0) is 27.8. The highest BCUT2D eigenvalue weighted by Crippen LogP contribution is 2.55. The molecular formula is C39H27NSSi. The summed E-state index contributed by atoms with van der Waals surface area (Å²) in [6, 6.07) is 48.7. The summed E-state index contributed by atoms with van der Waals surface area (Å²) in [5.41, 5.74) is 9.23. The zero-order valence-electron chi connectivity index (χ0n) is 23.5. The molecule has 198 valence electrons. The predicted octanol–water partition coefficient (Wildman–Crippen LogP) is 8.98. The number of nitrogens with zero attached hydrogens (tertiary/aromatic N) is 1. The smallest absolute Gasteiger partial charge is 0.113 e. The van der Waals surface area contributed by atoms with E-state index in [0.29, 0.717) is 0 Å². The molecule has 0 N–H and O–H groups in total. The molecule has 0 radical (unpaired) electrons. The Bertz CT molecular complexity index is 2460. The number of hydrogen-bond donors (Lipinski definition) is 0. The van der Waals surface area contributed by atoms with E-state index in [-0.39, 0.29) is 0 Å². The number of benzene rings is 6. The summed E-state index contributed by atoms with van der Waals surface area (Å²) >= 11 is 1.94. The Balaban J connectivity index is 1.49. The number of hydrogen-bond acceptors (Lipinski definition) is 1. The first kappa shape index (κ1) is 23.2. The van der Waals surface area contributed by atoms with Crippen molar-refractivity contribution in [3.05, 3.63) is 150 Å². The van der Waals surface area contributed by atoms with Crippen LogP contribution in [0.5, 0.6) is 0 Å². The van der Waals surface area contributed by atoms with E-state index in [0.717, 1.165) is 0 Å². The lowest BCUT2D eigenvalue weighted by Crippen LogP contribution is -2.63. The number of rotatable bonds is 0. The molecule has 6 aromatic carbocycles. The summed E-state index contributed by atoms with van der Waals surface area (Å²) in [5.74, 6) is 0. The van der Waals surface area contributed by atoms with Crippen LogP contribution in [0.2, 0.25) is 13.1 Å². The molecule has 10 rings (SSSR count). The van der Waals surface area contributed by atoms with Crippen molar-refractivity contribution in [2.75, 3.05) is 0 Å². The molecule has 4 heterocycles. The highest BCUT2D eigenvalue weighted by molar-refractivity contribution is 7.25. The van der Waals surface area contributed by atoms with Gasteiger partial charge in [0, 0.05) is 30.9 Å². The van der Waals surface area contributed by atoms with Gasteiger partial charge in [-0.2, -0.15) is 0 Å². The second-order valence-corrected chi connectivity index (χ2v) is 17.9. The summed E-state index contributed by atoms with van der Waals surface area (Å²) in [6.45, 7) is 5.12. The van der Waals surface area contributed by atoms with Crippen molar-refractivity contribution >= 4 is 71.8 Å². The van der Waals surface area contributed by atoms with Crippen molar-refractivity contribution in [3.63, 3.8) is 0 Å². The Morgan fingerprint density at radius 2 is 1.21 bits per heavy atom. The van der Waals surface area contributed by atoms with E-state index in [2.05, 4.69) is 145 Å². The third-order valence-electron chi connectivity index (χ3n) is 10.2. The van der Waals surface area contributed by atoms with Gasteiger partial charge >= 0.3 is 0 Å². The second kappa shape index (κ2) is 7.68. The molecule has 42 heavy (non-hydrogen) atoms. The van der Waals surface area contributed by atoms with Crippen molar-refractivity contribution in [1.29, 1.82) is 0 Å². The largest absolute Gasteiger partial charge is 0.309 e. The molecule has 3 heteroatoms. The lowest BCUT2D eigenvalue weighted by Gasteiger charge is -2.49. The van der Waals surface area contributed by atoms with Gasteiger partial charge in [0.15, 0.2) is 0 Å². The SMILES string of the molecule is C[Si]1(C)c2ccccc2C2(c3ccccc3-n3c4ccccc4c4cccc2c43)c2cc3sc4ccccc4c3cc21. The lowest BCUT2D eigenvalue weighted by atomic mass is 9.62. The van der Waals surface area contributed by atoms with Gasteiger partial charge in [-0.1, -0.05) is 116 Å². The minimum absolute atomic E-state index is 0.403. The van der Waals surface area contributed by atoms with Gasteiger partial charge in [0.05, 0.1) is 22.1 Å². The molecule has 2 aliphatic heterocycles. The molecule has 0 amide bonds. The van der Waals surface area contributed by atoms with Gasteiger partial charge < -0.3 is 4.57 Å². The van der Waals surface area contributed by atoms with E-state index in [9.17, 15) is 0 Å². The first-order chi connectivity index (χ1) is 20.6. The summed E-state index contributed by atoms with van der Waals surface area (Å²) in [6.07, 6.45) is 0. The third kappa shape index (κ3) is 2.53. The quantitative estimate of drug-likeness (QED) is 0.161. The number of aromatic nitrogens is 1. The Morgan fingerprint density at radius 3 is 2.12 bits per heavy atom. The maximum atomic E-state index is 2.60. The fourth-order valence-corrected chi connectivity index (χ4v) is 12.8. The molecule has 1 nitrogen and oxygen atoms in total. The van der Waals surface area contributed by atoms with Gasteiger partial charge in [0.2, 0.25) is 0 Å². The standard InChI is InChI=1S/C39H27NSSi/c1-42(2)36-21-10-6-16-29(36)39(31-23-35-27(22-37(31)42)25-13-4-9-20-34(25)41-35)28-15-5-8-19-33(28)40-32-18-7-3-12-24(32)26-14-11-17-30(39)38(26)40/h3-23H,1-2H3. The van der Waals surface area contributed by atoms with E-state index in [1.54, 1.807) is 10.4 Å². The molecule has 1 atom stereocenters. The van der Waals surface area contributed by atoms with E-state index in [4.69, 9.17) is 0 Å². The van der Waals surface area contributed by atoms with E-state index < -0.39 is 13.5 Å². The third-order valence-corrected chi connectivity index (χ3v) is 14.9. The van der Waals surface area contributed by atoms with Crippen LogP contribution in [0.1, 0.15) is 22.3 Å². The molecule has 1 spiro atoms. The van der Waals surface area contributed by atoms with E-state index >= 15 is 0 Å². The number of fused-ring (bicyclic) bond motifs is 14. The van der Waals surface area contributed by atoms with E-state index in [1.807, 2.05) is 11.3 Å². The minimum Gasteiger partial charge on any atom is -0.309 e. The molecule has 0 bridgehead atoms. The van der Waals surface area contributed by atoms with Crippen molar-refractivity contribution in [3.8, 4) is 5.69 Å². The van der Waals surface area contributed by atoms with Gasteiger partial charge in [-0.15, -0.1) is 11.3 Å². The molecule has 2 aliphatic rings. The monoisotopic (exact) mass is 569 g/mol. The minimum atomic E-state index is -2.05. The molecule has 0 aliphatic carbocycles. The predicted molar refractivity (Wildman–Crippen MR) is 182 cm³/mol. The van der Waals surface area contributed by atoms with Crippen molar-refractivity contribution in [1.82, 2.24) is 4.57 Å². The van der Waals surface area contributed by atoms with Crippen LogP contribution >= 0.6 is 11.3 Å². The van der Waals surface area contributed by atoms with Crippen molar-refractivity contribution in [2.24, 2.45) is 0 Å². The first-order valence-electron chi connectivity index (χ1n) is 14.8. The molecule has 1 unspecified atom stereocenters. The molecule has 0 fully saturated rings. The van der Waals surface area contributed by atoms with Gasteiger partial charge in [-0.25, -0.2) is 0 Å². The maximum absolute atomic E-state index is 2.60. The highest BCUT2D eigenvalue weighted by atomic mass is 32.1. The zero-order valence-corrected chi connectivity index (χ0v) is 25.3. The van der Waals surface area contributed by atoms with Crippen LogP contribution in [0.4, 0.5) is 0 Å². The van der Waals surface area contributed by atoms with Crippen LogP contribution < -0.4 is 10.4 Å². The lowest BCUT2D eigenvalue weighted by molar-refractivity contribution is 0.733. The first-order valence-corrected chi connectivity index (χ1v) is 18.6. The van der Waals surface area contributed by atoms with Crippen LogP contribution in [0, 0.1) is 0 Å². The Morgan fingerprint density at radius 1 is 0.524 bits per heavy atom. The number of thiophene rings is 1. The second-order valence-electron chi connectivity index (χ2n) is 12.5. The Labute approximate surface area is 249 Å². The average molecular weight is 570 g/mol. The normalized spacial score (nSPS) is 18.0. The topological polar surface area (TPSA) is 4.93 Å².